The molecule has 0 aliphatic carbocycles. The number of carbonyl (C=O) groups excluding carboxylic acids is 2. The number of hydrogen-bond donors (Lipinski definition) is 1. The lowest BCUT2D eigenvalue weighted by Crippen LogP contribution is -2.52. The molecular weight excluding hydrogens is 456 g/mol. The van der Waals surface area contributed by atoms with Gasteiger partial charge >= 0.3 is 0 Å². The second-order valence-electron chi connectivity index (χ2n) is 7.76. The molecule has 6 heteroatoms. The summed E-state index contributed by atoms with van der Waals surface area (Å²) in [7, 11) is 0. The number of nitrogens with one attached hydrogen (secondary N) is 1. The van der Waals surface area contributed by atoms with Crippen molar-refractivity contribution in [1.82, 2.24) is 10.2 Å². The van der Waals surface area contributed by atoms with Crippen LogP contribution in [0.1, 0.15) is 44.7 Å². The van der Waals surface area contributed by atoms with Crippen LogP contribution in [0.4, 0.5) is 0 Å². The molecule has 0 aliphatic heterocycles. The van der Waals surface area contributed by atoms with Crippen molar-refractivity contribution in [3.05, 3.63) is 64.1 Å². The van der Waals surface area contributed by atoms with Crippen LogP contribution in [0.2, 0.25) is 0 Å². The van der Waals surface area contributed by atoms with Crippen LogP contribution in [0.3, 0.4) is 0 Å². The Morgan fingerprint density at radius 1 is 1.10 bits per heavy atom. The van der Waals surface area contributed by atoms with E-state index in [0.29, 0.717) is 25.1 Å². The molecular formula is C25H33BrN2O3. The Morgan fingerprint density at radius 2 is 1.81 bits per heavy atom. The molecule has 2 rings (SSSR count). The van der Waals surface area contributed by atoms with E-state index >= 15 is 0 Å². The van der Waals surface area contributed by atoms with Gasteiger partial charge in [0.1, 0.15) is 11.8 Å². The highest BCUT2D eigenvalue weighted by Gasteiger charge is 2.29. The topological polar surface area (TPSA) is 58.6 Å². The van der Waals surface area contributed by atoms with Gasteiger partial charge in [-0.2, -0.15) is 0 Å². The second-order valence-corrected chi connectivity index (χ2v) is 8.62. The molecule has 2 aromatic carbocycles. The van der Waals surface area contributed by atoms with Crippen molar-refractivity contribution >= 4 is 27.7 Å². The molecule has 2 aromatic rings. The van der Waals surface area contributed by atoms with Gasteiger partial charge in [-0.05, 0) is 62.4 Å². The summed E-state index contributed by atoms with van der Waals surface area (Å²) in [5.74, 6) is 0.328. The minimum atomic E-state index is -0.527. The molecule has 2 atom stereocenters. The Bertz CT molecular complexity index is 857. The van der Waals surface area contributed by atoms with E-state index in [0.717, 1.165) is 22.0 Å². The first-order chi connectivity index (χ1) is 14.8. The Hall–Kier alpha value is -2.34. The third-order valence-corrected chi connectivity index (χ3v) is 6.25. The van der Waals surface area contributed by atoms with Gasteiger partial charge in [-0.1, -0.05) is 60.1 Å². The first-order valence-electron chi connectivity index (χ1n) is 10.9. The van der Waals surface area contributed by atoms with Gasteiger partial charge in [0.2, 0.25) is 5.91 Å². The minimum Gasteiger partial charge on any atom is -0.484 e. The molecule has 0 saturated heterocycles. The SMILES string of the molecule is CC[C@H](C(=O)N[C@@H](C)CC)N(CCc1ccccc1)C(=O)COc1ccc(Br)c(C)c1. The number of aryl methyl sites for hydroxylation is 1. The molecule has 0 heterocycles. The normalized spacial score (nSPS) is 12.7. The minimum absolute atomic E-state index is 0.0645. The largest absolute Gasteiger partial charge is 0.484 e. The van der Waals surface area contributed by atoms with Gasteiger partial charge < -0.3 is 15.0 Å². The zero-order chi connectivity index (χ0) is 22.8. The number of hydrogen-bond acceptors (Lipinski definition) is 3. The van der Waals surface area contributed by atoms with Crippen molar-refractivity contribution in [2.24, 2.45) is 0 Å². The molecule has 168 valence electrons. The van der Waals surface area contributed by atoms with Crippen LogP contribution >= 0.6 is 15.9 Å². The van der Waals surface area contributed by atoms with E-state index in [1.54, 1.807) is 4.90 Å². The number of amides is 2. The van der Waals surface area contributed by atoms with E-state index in [1.165, 1.54) is 0 Å². The summed E-state index contributed by atoms with van der Waals surface area (Å²) >= 11 is 3.47. The van der Waals surface area contributed by atoms with Gasteiger partial charge in [-0.15, -0.1) is 0 Å². The van der Waals surface area contributed by atoms with Crippen molar-refractivity contribution in [1.29, 1.82) is 0 Å². The van der Waals surface area contributed by atoms with Crippen molar-refractivity contribution in [2.45, 2.75) is 59.0 Å². The summed E-state index contributed by atoms with van der Waals surface area (Å²) in [5, 5.41) is 3.02. The van der Waals surface area contributed by atoms with Gasteiger partial charge in [0.05, 0.1) is 0 Å². The fraction of sp³-hybridized carbons (Fsp3) is 0.440. The lowest BCUT2D eigenvalue weighted by molar-refractivity contribution is -0.142. The first-order valence-corrected chi connectivity index (χ1v) is 11.7. The summed E-state index contributed by atoms with van der Waals surface area (Å²) < 4.78 is 6.76. The quantitative estimate of drug-likeness (QED) is 0.489. The number of ether oxygens (including phenoxy) is 1. The van der Waals surface area contributed by atoms with Crippen LogP contribution in [0, 0.1) is 6.92 Å². The third kappa shape index (κ3) is 7.69. The highest BCUT2D eigenvalue weighted by atomic mass is 79.9. The van der Waals surface area contributed by atoms with Crippen molar-refractivity contribution < 1.29 is 14.3 Å². The molecule has 1 N–H and O–H groups in total. The number of rotatable bonds is 11. The standard InChI is InChI=1S/C25H33BrN2O3/c1-5-19(4)27-25(30)23(6-2)28(15-14-20-10-8-7-9-11-20)24(29)17-31-21-12-13-22(26)18(3)16-21/h7-13,16,19,23H,5-6,14-15,17H2,1-4H3,(H,27,30)/t19-,23+/m0/s1. The fourth-order valence-corrected chi connectivity index (χ4v) is 3.52. The number of carbonyl (C=O) groups is 2. The average molecular weight is 489 g/mol. The molecule has 0 aliphatic rings. The van der Waals surface area contributed by atoms with Gasteiger partial charge in [0, 0.05) is 17.1 Å². The summed E-state index contributed by atoms with van der Waals surface area (Å²) in [5.41, 5.74) is 2.16. The van der Waals surface area contributed by atoms with Gasteiger partial charge in [-0.3, -0.25) is 9.59 Å². The molecule has 0 spiro atoms. The lowest BCUT2D eigenvalue weighted by atomic mass is 10.1. The molecule has 0 fully saturated rings. The summed E-state index contributed by atoms with van der Waals surface area (Å²) in [6, 6.07) is 15.1. The van der Waals surface area contributed by atoms with Gasteiger partial charge in [0.15, 0.2) is 6.61 Å². The summed E-state index contributed by atoms with van der Waals surface area (Å²) in [6.07, 6.45) is 2.06. The monoisotopic (exact) mass is 488 g/mol. The first kappa shape index (κ1) is 24.9. The van der Waals surface area contributed by atoms with Crippen LogP contribution < -0.4 is 10.1 Å². The fourth-order valence-electron chi connectivity index (χ4n) is 3.27. The van der Waals surface area contributed by atoms with Gasteiger partial charge in [-0.25, -0.2) is 0 Å². The molecule has 0 unspecified atom stereocenters. The zero-order valence-corrected chi connectivity index (χ0v) is 20.4. The van der Waals surface area contributed by atoms with Crippen molar-refractivity contribution in [3.63, 3.8) is 0 Å². The maximum absolute atomic E-state index is 13.2. The predicted octanol–water partition coefficient (Wildman–Crippen LogP) is 4.90. The molecule has 0 radical (unpaired) electrons. The Morgan fingerprint density at radius 3 is 2.42 bits per heavy atom. The number of benzene rings is 2. The van der Waals surface area contributed by atoms with Crippen LogP contribution in [-0.4, -0.2) is 41.9 Å². The molecule has 0 bridgehead atoms. The van der Waals surface area contributed by atoms with E-state index < -0.39 is 6.04 Å². The molecule has 2 amide bonds. The van der Waals surface area contributed by atoms with Crippen molar-refractivity contribution in [2.75, 3.05) is 13.2 Å². The zero-order valence-electron chi connectivity index (χ0n) is 18.9. The van der Waals surface area contributed by atoms with E-state index in [1.807, 2.05) is 76.2 Å². The number of halogens is 1. The summed E-state index contributed by atoms with van der Waals surface area (Å²) in [4.78, 5) is 27.7. The van der Waals surface area contributed by atoms with Crippen molar-refractivity contribution in [3.8, 4) is 5.75 Å². The van der Waals surface area contributed by atoms with Crippen LogP contribution in [0.5, 0.6) is 5.75 Å². The van der Waals surface area contributed by atoms with Crippen LogP contribution in [0.15, 0.2) is 53.0 Å². The molecule has 0 aromatic heterocycles. The average Bonchev–Trinajstić information content (AvgIpc) is 2.77. The Balaban J connectivity index is 2.14. The Labute approximate surface area is 194 Å². The highest BCUT2D eigenvalue weighted by Crippen LogP contribution is 2.21. The van der Waals surface area contributed by atoms with E-state index in [4.69, 9.17) is 4.74 Å². The number of nitrogens with zero attached hydrogens (tertiary/aromatic N) is 1. The maximum atomic E-state index is 13.2. The third-order valence-electron chi connectivity index (χ3n) is 5.36. The smallest absolute Gasteiger partial charge is 0.261 e. The van der Waals surface area contributed by atoms with E-state index in [-0.39, 0.29) is 24.5 Å². The predicted molar refractivity (Wildman–Crippen MR) is 128 cm³/mol. The van der Waals surface area contributed by atoms with Crippen LogP contribution in [-0.2, 0) is 16.0 Å². The molecule has 0 saturated carbocycles. The second kappa shape index (κ2) is 12.5. The van der Waals surface area contributed by atoms with Crippen LogP contribution in [0.25, 0.3) is 0 Å². The molecule has 5 nitrogen and oxygen atoms in total. The lowest BCUT2D eigenvalue weighted by Gasteiger charge is -2.31. The van der Waals surface area contributed by atoms with Gasteiger partial charge in [0.25, 0.3) is 5.91 Å². The van der Waals surface area contributed by atoms with E-state index in [9.17, 15) is 9.59 Å². The Kier molecular flexibility index (Phi) is 10.0. The maximum Gasteiger partial charge on any atom is 0.261 e. The molecule has 31 heavy (non-hydrogen) atoms. The highest BCUT2D eigenvalue weighted by molar-refractivity contribution is 9.10. The summed E-state index contributed by atoms with van der Waals surface area (Å²) in [6.45, 7) is 8.25. The van der Waals surface area contributed by atoms with E-state index in [2.05, 4.69) is 21.2 Å².